The Labute approximate surface area is 334 Å². The fourth-order valence-electron chi connectivity index (χ4n) is 6.36. The summed E-state index contributed by atoms with van der Waals surface area (Å²) in [5.41, 5.74) is 0. The number of hydrogen-bond acceptors (Lipinski definition) is 5. The van der Waals surface area contributed by atoms with Gasteiger partial charge in [0.25, 0.3) is 0 Å². The zero-order valence-electron chi connectivity index (χ0n) is 35.5. The van der Waals surface area contributed by atoms with Crippen molar-refractivity contribution in [1.82, 2.24) is 0 Å². The van der Waals surface area contributed by atoms with Gasteiger partial charge in [0, 0.05) is 12.8 Å². The summed E-state index contributed by atoms with van der Waals surface area (Å²) in [6.07, 6.45) is 58.8. The van der Waals surface area contributed by atoms with Crippen LogP contribution in [-0.4, -0.2) is 36.4 Å². The summed E-state index contributed by atoms with van der Waals surface area (Å²) in [6, 6.07) is 0. The van der Waals surface area contributed by atoms with Gasteiger partial charge in [0.15, 0.2) is 6.10 Å². The van der Waals surface area contributed by atoms with E-state index >= 15 is 0 Å². The number of esters is 2. The van der Waals surface area contributed by atoms with Crippen LogP contribution in [-0.2, 0) is 19.1 Å². The fourth-order valence-corrected chi connectivity index (χ4v) is 6.36. The topological polar surface area (TPSA) is 72.8 Å². The highest BCUT2D eigenvalue weighted by Crippen LogP contribution is 2.15. The summed E-state index contributed by atoms with van der Waals surface area (Å²) in [7, 11) is 0. The molecule has 0 bridgehead atoms. The fraction of sp³-hybridized carbons (Fsp3) is 0.755. The number of ether oxygens (including phenoxy) is 2. The number of aliphatic hydroxyl groups is 1. The quantitative estimate of drug-likeness (QED) is 0.0382. The SMILES string of the molecule is CCCCCC=CCC=CCC=CCC=CCC=CCCC(=O)OC(CO)COC(=O)CCCCCCCCCCCCCCCCCCCCCCC. The maximum atomic E-state index is 12.2. The van der Waals surface area contributed by atoms with E-state index < -0.39 is 12.1 Å². The van der Waals surface area contributed by atoms with E-state index in [-0.39, 0.29) is 25.6 Å². The summed E-state index contributed by atoms with van der Waals surface area (Å²) >= 11 is 0. The van der Waals surface area contributed by atoms with E-state index in [0.29, 0.717) is 12.8 Å². The lowest BCUT2D eigenvalue weighted by molar-refractivity contribution is -0.161. The monoisotopic (exact) mass is 755 g/mol. The van der Waals surface area contributed by atoms with Crippen molar-refractivity contribution in [3.8, 4) is 0 Å². The lowest BCUT2D eigenvalue weighted by Crippen LogP contribution is -2.28. The third-order valence-electron chi connectivity index (χ3n) is 9.83. The molecule has 0 saturated carbocycles. The van der Waals surface area contributed by atoms with Gasteiger partial charge in [0.2, 0.25) is 0 Å². The van der Waals surface area contributed by atoms with Crippen LogP contribution in [0.2, 0.25) is 0 Å². The first-order valence-electron chi connectivity index (χ1n) is 22.8. The van der Waals surface area contributed by atoms with Crippen molar-refractivity contribution >= 4 is 11.9 Å². The highest BCUT2D eigenvalue weighted by atomic mass is 16.6. The van der Waals surface area contributed by atoms with Crippen LogP contribution in [0.5, 0.6) is 0 Å². The zero-order valence-corrected chi connectivity index (χ0v) is 35.5. The molecule has 1 unspecified atom stereocenters. The van der Waals surface area contributed by atoms with Crippen molar-refractivity contribution in [3.63, 3.8) is 0 Å². The molecule has 1 atom stereocenters. The van der Waals surface area contributed by atoms with Gasteiger partial charge in [-0.05, 0) is 51.4 Å². The molecule has 312 valence electrons. The summed E-state index contributed by atoms with van der Waals surface area (Å²) < 4.78 is 10.6. The van der Waals surface area contributed by atoms with E-state index in [9.17, 15) is 14.7 Å². The second kappa shape index (κ2) is 45.0. The molecule has 0 aromatic heterocycles. The largest absolute Gasteiger partial charge is 0.462 e. The number of hydrogen-bond donors (Lipinski definition) is 1. The molecule has 0 aliphatic carbocycles. The molecule has 0 radical (unpaired) electrons. The minimum atomic E-state index is -0.811. The van der Waals surface area contributed by atoms with Gasteiger partial charge in [-0.15, -0.1) is 0 Å². The Balaban J connectivity index is 3.61. The first-order valence-corrected chi connectivity index (χ1v) is 22.8. The Morgan fingerprint density at radius 1 is 0.426 bits per heavy atom. The molecule has 0 heterocycles. The van der Waals surface area contributed by atoms with E-state index in [4.69, 9.17) is 9.47 Å². The average Bonchev–Trinajstić information content (AvgIpc) is 3.17. The number of carbonyl (C=O) groups excluding carboxylic acids is 2. The third-order valence-corrected chi connectivity index (χ3v) is 9.83. The van der Waals surface area contributed by atoms with E-state index in [1.807, 2.05) is 12.2 Å². The highest BCUT2D eigenvalue weighted by molar-refractivity contribution is 5.70. The molecule has 0 saturated heterocycles. The predicted molar refractivity (Wildman–Crippen MR) is 233 cm³/mol. The molecule has 0 aliphatic rings. The number of carbonyl (C=O) groups is 2. The highest BCUT2D eigenvalue weighted by Gasteiger charge is 2.15. The summed E-state index contributed by atoms with van der Waals surface area (Å²) in [5, 5.41) is 9.58. The predicted octanol–water partition coefficient (Wildman–Crippen LogP) is 14.7. The molecular formula is C49H86O5. The van der Waals surface area contributed by atoms with Crippen LogP contribution in [0, 0.1) is 0 Å². The maximum Gasteiger partial charge on any atom is 0.306 e. The smallest absolute Gasteiger partial charge is 0.306 e. The molecule has 0 aromatic rings. The maximum absolute atomic E-state index is 12.2. The second-order valence-electron chi connectivity index (χ2n) is 15.1. The van der Waals surface area contributed by atoms with E-state index in [2.05, 4.69) is 62.5 Å². The number of unbranched alkanes of at least 4 members (excludes halogenated alkanes) is 23. The number of allylic oxidation sites excluding steroid dienone is 10. The normalized spacial score (nSPS) is 12.7. The lowest BCUT2D eigenvalue weighted by atomic mass is 10.0. The zero-order chi connectivity index (χ0) is 39.3. The van der Waals surface area contributed by atoms with Crippen LogP contribution in [0.25, 0.3) is 0 Å². The van der Waals surface area contributed by atoms with Crippen LogP contribution in [0.4, 0.5) is 0 Å². The third kappa shape index (κ3) is 42.3. The number of rotatable bonds is 41. The van der Waals surface area contributed by atoms with Crippen molar-refractivity contribution in [2.75, 3.05) is 13.2 Å². The molecule has 54 heavy (non-hydrogen) atoms. The van der Waals surface area contributed by atoms with Crippen molar-refractivity contribution in [1.29, 1.82) is 0 Å². The average molecular weight is 755 g/mol. The van der Waals surface area contributed by atoms with Gasteiger partial charge in [-0.1, -0.05) is 216 Å². The Morgan fingerprint density at radius 2 is 0.778 bits per heavy atom. The molecule has 0 aliphatic heterocycles. The molecule has 0 fully saturated rings. The summed E-state index contributed by atoms with van der Waals surface area (Å²) in [5.74, 6) is -0.682. The molecule has 1 N–H and O–H groups in total. The first-order chi connectivity index (χ1) is 26.6. The van der Waals surface area contributed by atoms with Gasteiger partial charge < -0.3 is 14.6 Å². The minimum absolute atomic E-state index is 0.0950. The Morgan fingerprint density at radius 3 is 1.19 bits per heavy atom. The van der Waals surface area contributed by atoms with Gasteiger partial charge >= 0.3 is 11.9 Å². The Kier molecular flexibility index (Phi) is 43.0. The van der Waals surface area contributed by atoms with E-state index in [0.717, 1.165) is 44.9 Å². The minimum Gasteiger partial charge on any atom is -0.462 e. The van der Waals surface area contributed by atoms with E-state index in [1.54, 1.807) is 0 Å². The van der Waals surface area contributed by atoms with E-state index in [1.165, 1.54) is 141 Å². The molecule has 0 spiro atoms. The van der Waals surface area contributed by atoms with Crippen LogP contribution >= 0.6 is 0 Å². The summed E-state index contributed by atoms with van der Waals surface area (Å²) in [4.78, 5) is 24.3. The molecule has 0 aromatic carbocycles. The van der Waals surface area contributed by atoms with Gasteiger partial charge in [0.1, 0.15) is 6.61 Å². The summed E-state index contributed by atoms with van der Waals surface area (Å²) in [6.45, 7) is 4.06. The van der Waals surface area contributed by atoms with Crippen LogP contribution in [0.3, 0.4) is 0 Å². The van der Waals surface area contributed by atoms with Gasteiger partial charge in [0.05, 0.1) is 6.61 Å². The second-order valence-corrected chi connectivity index (χ2v) is 15.1. The van der Waals surface area contributed by atoms with Crippen LogP contribution in [0.15, 0.2) is 60.8 Å². The molecule has 5 heteroatoms. The molecular weight excluding hydrogens is 669 g/mol. The van der Waals surface area contributed by atoms with Crippen molar-refractivity contribution in [2.24, 2.45) is 0 Å². The first kappa shape index (κ1) is 51.6. The Hall–Kier alpha value is -2.40. The van der Waals surface area contributed by atoms with Crippen molar-refractivity contribution in [3.05, 3.63) is 60.8 Å². The molecule has 0 amide bonds. The molecule has 0 rings (SSSR count). The van der Waals surface area contributed by atoms with Crippen molar-refractivity contribution in [2.45, 2.75) is 225 Å². The Bertz CT molecular complexity index is 946. The van der Waals surface area contributed by atoms with Crippen molar-refractivity contribution < 1.29 is 24.2 Å². The standard InChI is InChI=1S/C49H86O5/c1-3-5-7-9-11-13-15-17-19-21-23-24-26-27-29-31-33-35-37-39-41-43-48(51)53-46-47(45-50)54-49(52)44-42-40-38-36-34-32-30-28-25-22-20-18-16-14-12-10-8-6-4-2/h12,14,18,20,25,28,32,34,38,40,47,50H,3-11,13,15-17,19,21-24,26-27,29-31,33,35-37,39,41-46H2,1-2H3. The van der Waals surface area contributed by atoms with Gasteiger partial charge in [-0.25, -0.2) is 0 Å². The van der Waals surface area contributed by atoms with Crippen LogP contribution in [0.1, 0.15) is 219 Å². The van der Waals surface area contributed by atoms with Crippen LogP contribution < -0.4 is 0 Å². The lowest BCUT2D eigenvalue weighted by Gasteiger charge is -2.15. The number of aliphatic hydroxyl groups excluding tert-OH is 1. The molecule has 5 nitrogen and oxygen atoms in total. The van der Waals surface area contributed by atoms with Gasteiger partial charge in [-0.3, -0.25) is 9.59 Å². The van der Waals surface area contributed by atoms with Gasteiger partial charge in [-0.2, -0.15) is 0 Å².